The number of carbonyl (C=O) groups excluding carboxylic acids is 1. The standard InChI is InChI=1S/C22H25F3N4O2/c1-12(16-4-3-5-17(19(16)23)20(24)25)27-21-18(8-26-13(2)28-21)31-11-14-9-29(10-14)22(30)15-6-7-15/h3-5,8,12,14-15,20H,6-7,9-11H2,1-2H3,(H,26,27,28)/t12-/m1/s1. The molecule has 1 aliphatic heterocycles. The van der Waals surface area contributed by atoms with Crippen molar-refractivity contribution in [1.82, 2.24) is 14.9 Å². The normalized spacial score (nSPS) is 17.4. The summed E-state index contributed by atoms with van der Waals surface area (Å²) in [6, 6.07) is 3.33. The van der Waals surface area contributed by atoms with E-state index in [0.717, 1.165) is 18.9 Å². The van der Waals surface area contributed by atoms with E-state index >= 15 is 0 Å². The van der Waals surface area contributed by atoms with E-state index in [1.807, 2.05) is 4.90 Å². The maximum Gasteiger partial charge on any atom is 0.266 e. The lowest BCUT2D eigenvalue weighted by Gasteiger charge is -2.39. The fourth-order valence-corrected chi connectivity index (χ4v) is 3.67. The fourth-order valence-electron chi connectivity index (χ4n) is 3.67. The third-order valence-corrected chi connectivity index (χ3v) is 5.66. The monoisotopic (exact) mass is 434 g/mol. The number of likely N-dealkylation sites (tertiary alicyclic amines) is 1. The molecule has 31 heavy (non-hydrogen) atoms. The number of hydrogen-bond donors (Lipinski definition) is 1. The number of nitrogens with zero attached hydrogens (tertiary/aromatic N) is 3. The van der Waals surface area contributed by atoms with E-state index in [1.165, 1.54) is 18.3 Å². The number of aryl methyl sites for hydroxylation is 1. The lowest BCUT2D eigenvalue weighted by molar-refractivity contribution is -0.139. The minimum atomic E-state index is -2.89. The van der Waals surface area contributed by atoms with Gasteiger partial charge in [-0.15, -0.1) is 0 Å². The molecule has 4 rings (SSSR count). The molecule has 9 heteroatoms. The van der Waals surface area contributed by atoms with Crippen LogP contribution < -0.4 is 10.1 Å². The highest BCUT2D eigenvalue weighted by atomic mass is 19.3. The van der Waals surface area contributed by atoms with Crippen LogP contribution in [-0.4, -0.2) is 40.5 Å². The van der Waals surface area contributed by atoms with Crippen LogP contribution in [0.3, 0.4) is 0 Å². The number of amides is 1. The Bertz CT molecular complexity index is 962. The van der Waals surface area contributed by atoms with Gasteiger partial charge in [0.05, 0.1) is 24.4 Å². The van der Waals surface area contributed by atoms with Gasteiger partial charge in [-0.25, -0.2) is 23.1 Å². The first kappa shape index (κ1) is 21.4. The highest BCUT2D eigenvalue weighted by Crippen LogP contribution is 2.34. The zero-order valence-corrected chi connectivity index (χ0v) is 17.4. The second-order valence-electron chi connectivity index (χ2n) is 8.24. The molecule has 0 unspecified atom stereocenters. The molecule has 1 saturated heterocycles. The summed E-state index contributed by atoms with van der Waals surface area (Å²) in [5, 5.41) is 3.06. The number of alkyl halides is 2. The molecule has 1 N–H and O–H groups in total. The number of rotatable bonds is 8. The van der Waals surface area contributed by atoms with Crippen molar-refractivity contribution in [3.8, 4) is 5.75 Å². The highest BCUT2D eigenvalue weighted by molar-refractivity contribution is 5.81. The zero-order chi connectivity index (χ0) is 22.1. The summed E-state index contributed by atoms with van der Waals surface area (Å²) in [5.74, 6) is 1.01. The van der Waals surface area contributed by atoms with Crippen molar-refractivity contribution in [2.45, 2.75) is 39.2 Å². The lowest BCUT2D eigenvalue weighted by Crippen LogP contribution is -2.52. The zero-order valence-electron chi connectivity index (χ0n) is 17.4. The molecule has 1 aromatic carbocycles. The summed E-state index contributed by atoms with van der Waals surface area (Å²) in [7, 11) is 0. The van der Waals surface area contributed by atoms with Gasteiger partial charge < -0.3 is 15.0 Å². The van der Waals surface area contributed by atoms with Crippen molar-refractivity contribution in [1.29, 1.82) is 0 Å². The predicted octanol–water partition coefficient (Wildman–Crippen LogP) is 4.28. The third-order valence-electron chi connectivity index (χ3n) is 5.66. The van der Waals surface area contributed by atoms with Crippen molar-refractivity contribution in [2.24, 2.45) is 11.8 Å². The summed E-state index contributed by atoms with van der Waals surface area (Å²) in [6.45, 7) is 5.13. The van der Waals surface area contributed by atoms with Gasteiger partial charge in [0.15, 0.2) is 11.6 Å². The maximum absolute atomic E-state index is 14.5. The first-order valence-electron chi connectivity index (χ1n) is 10.4. The number of hydrogen-bond acceptors (Lipinski definition) is 5. The Morgan fingerprint density at radius 1 is 1.29 bits per heavy atom. The van der Waals surface area contributed by atoms with Crippen LogP contribution in [0, 0.1) is 24.6 Å². The van der Waals surface area contributed by atoms with Gasteiger partial charge in [0.1, 0.15) is 11.6 Å². The van der Waals surface area contributed by atoms with Gasteiger partial charge >= 0.3 is 0 Å². The van der Waals surface area contributed by atoms with Crippen molar-refractivity contribution in [3.63, 3.8) is 0 Å². The fraction of sp³-hybridized carbons (Fsp3) is 0.500. The quantitative estimate of drug-likeness (QED) is 0.672. The molecule has 1 aliphatic carbocycles. The molecule has 0 spiro atoms. The third kappa shape index (κ3) is 4.75. The molecule has 1 aromatic heterocycles. The van der Waals surface area contributed by atoms with Gasteiger partial charge in [-0.05, 0) is 26.7 Å². The van der Waals surface area contributed by atoms with Crippen LogP contribution in [0.4, 0.5) is 19.0 Å². The Hall–Kier alpha value is -2.84. The number of anilines is 1. The van der Waals surface area contributed by atoms with E-state index in [-0.39, 0.29) is 23.3 Å². The summed E-state index contributed by atoms with van der Waals surface area (Å²) >= 11 is 0. The molecule has 2 aromatic rings. The summed E-state index contributed by atoms with van der Waals surface area (Å²) < 4.78 is 46.5. The number of carbonyl (C=O) groups is 1. The van der Waals surface area contributed by atoms with Gasteiger partial charge in [-0.1, -0.05) is 18.2 Å². The highest BCUT2D eigenvalue weighted by Gasteiger charge is 2.39. The first-order chi connectivity index (χ1) is 14.8. The number of aromatic nitrogens is 2. The number of nitrogens with one attached hydrogen (secondary N) is 1. The minimum Gasteiger partial charge on any atom is -0.488 e. The van der Waals surface area contributed by atoms with Crippen LogP contribution in [0.2, 0.25) is 0 Å². The van der Waals surface area contributed by atoms with Gasteiger partial charge in [0.2, 0.25) is 5.91 Å². The topological polar surface area (TPSA) is 67.3 Å². The SMILES string of the molecule is Cc1ncc(OCC2CN(C(=O)C3CC3)C2)c(N[C@H](C)c2cccc(C(F)F)c2F)n1. The molecule has 166 valence electrons. The number of ether oxygens (including phenoxy) is 1. The van der Waals surface area contributed by atoms with E-state index in [2.05, 4.69) is 15.3 Å². The van der Waals surface area contributed by atoms with E-state index in [4.69, 9.17) is 4.74 Å². The van der Waals surface area contributed by atoms with Gasteiger partial charge in [0, 0.05) is 30.5 Å². The Morgan fingerprint density at radius 3 is 2.68 bits per heavy atom. The van der Waals surface area contributed by atoms with Crippen molar-refractivity contribution in [3.05, 3.63) is 47.2 Å². The number of halogens is 3. The van der Waals surface area contributed by atoms with Crippen LogP contribution in [0.1, 0.15) is 49.2 Å². The molecule has 1 saturated carbocycles. The van der Waals surface area contributed by atoms with Crippen molar-refractivity contribution < 1.29 is 22.7 Å². The molecule has 2 fully saturated rings. The van der Waals surface area contributed by atoms with E-state index in [0.29, 0.717) is 37.1 Å². The summed E-state index contributed by atoms with van der Waals surface area (Å²) in [5.41, 5.74) is -0.509. The van der Waals surface area contributed by atoms with Crippen LogP contribution in [0.5, 0.6) is 5.75 Å². The molecular formula is C22H25F3N4O2. The largest absolute Gasteiger partial charge is 0.488 e. The molecule has 1 amide bonds. The Balaban J connectivity index is 1.40. The molecular weight excluding hydrogens is 409 g/mol. The van der Waals surface area contributed by atoms with Gasteiger partial charge in [0.25, 0.3) is 6.43 Å². The smallest absolute Gasteiger partial charge is 0.266 e. The van der Waals surface area contributed by atoms with E-state index in [9.17, 15) is 18.0 Å². The molecule has 2 heterocycles. The molecule has 6 nitrogen and oxygen atoms in total. The van der Waals surface area contributed by atoms with Crippen LogP contribution in [0.25, 0.3) is 0 Å². The van der Waals surface area contributed by atoms with E-state index < -0.39 is 23.8 Å². The van der Waals surface area contributed by atoms with Gasteiger partial charge in [-0.2, -0.15) is 0 Å². The van der Waals surface area contributed by atoms with E-state index in [1.54, 1.807) is 13.8 Å². The van der Waals surface area contributed by atoms with Gasteiger partial charge in [-0.3, -0.25) is 4.79 Å². The van der Waals surface area contributed by atoms with Crippen LogP contribution in [-0.2, 0) is 4.79 Å². The minimum absolute atomic E-state index is 0.119. The molecule has 1 atom stereocenters. The molecule has 2 aliphatic rings. The average Bonchev–Trinajstić information content (AvgIpc) is 3.53. The molecule has 0 radical (unpaired) electrons. The van der Waals surface area contributed by atoms with Crippen LogP contribution in [0.15, 0.2) is 24.4 Å². The number of benzene rings is 1. The molecule has 0 bridgehead atoms. The Kier molecular flexibility index (Phi) is 6.02. The van der Waals surface area contributed by atoms with Crippen molar-refractivity contribution in [2.75, 3.05) is 25.0 Å². The summed E-state index contributed by atoms with van der Waals surface area (Å²) in [4.78, 5) is 22.4. The summed E-state index contributed by atoms with van der Waals surface area (Å²) in [6.07, 6.45) is 0.632. The second kappa shape index (κ2) is 8.72. The Labute approximate surface area is 178 Å². The predicted molar refractivity (Wildman–Crippen MR) is 108 cm³/mol. The van der Waals surface area contributed by atoms with Crippen LogP contribution >= 0.6 is 0 Å². The Morgan fingerprint density at radius 2 is 2.00 bits per heavy atom. The second-order valence-corrected chi connectivity index (χ2v) is 8.24. The average molecular weight is 434 g/mol. The first-order valence-corrected chi connectivity index (χ1v) is 10.4. The van der Waals surface area contributed by atoms with Crippen molar-refractivity contribution >= 4 is 11.7 Å². The lowest BCUT2D eigenvalue weighted by atomic mass is 10.0. The maximum atomic E-state index is 14.5.